The van der Waals surface area contributed by atoms with Crippen molar-refractivity contribution in [3.63, 3.8) is 0 Å². The van der Waals surface area contributed by atoms with E-state index < -0.39 is 16.9 Å². The minimum absolute atomic E-state index is 0.579. The molecule has 0 aliphatic rings. The SMILES string of the molecule is NS(=O)c1ccc(SNc2ccc(/C=C/C(=O)NO)cc2)cc1. The standard InChI is InChI=1S/C15H15N3O3S2/c16-23(21)14-8-6-13(7-9-14)22-18-12-4-1-11(2-5-12)3-10-15(19)17-20/h1-10,18,20H,16H2,(H,17,19)/b10-3+. The van der Waals surface area contributed by atoms with Gasteiger partial charge in [0.2, 0.25) is 0 Å². The van der Waals surface area contributed by atoms with Crippen molar-refractivity contribution in [1.29, 1.82) is 0 Å². The molecular formula is C15H15N3O3S2. The van der Waals surface area contributed by atoms with Crippen LogP contribution in [-0.4, -0.2) is 15.3 Å². The van der Waals surface area contributed by atoms with Crippen LogP contribution < -0.4 is 15.3 Å². The second kappa shape index (κ2) is 8.49. The summed E-state index contributed by atoms with van der Waals surface area (Å²) >= 11 is 1.42. The van der Waals surface area contributed by atoms with E-state index in [0.29, 0.717) is 4.90 Å². The van der Waals surface area contributed by atoms with Crippen LogP contribution in [0.1, 0.15) is 5.56 Å². The molecule has 2 rings (SSSR count). The number of nitrogens with one attached hydrogen (secondary N) is 2. The van der Waals surface area contributed by atoms with Crippen LogP contribution in [0.2, 0.25) is 0 Å². The van der Waals surface area contributed by atoms with Crippen molar-refractivity contribution in [1.82, 2.24) is 5.48 Å². The number of hydrogen-bond donors (Lipinski definition) is 4. The summed E-state index contributed by atoms with van der Waals surface area (Å²) in [5, 5.41) is 13.7. The summed E-state index contributed by atoms with van der Waals surface area (Å²) < 4.78 is 14.3. The molecule has 0 aliphatic heterocycles. The Labute approximate surface area is 140 Å². The highest BCUT2D eigenvalue weighted by molar-refractivity contribution is 8.00. The van der Waals surface area contributed by atoms with E-state index in [9.17, 15) is 9.00 Å². The van der Waals surface area contributed by atoms with Gasteiger partial charge in [-0.2, -0.15) is 0 Å². The van der Waals surface area contributed by atoms with E-state index in [1.54, 1.807) is 18.2 Å². The van der Waals surface area contributed by atoms with Crippen molar-refractivity contribution in [2.45, 2.75) is 9.79 Å². The van der Waals surface area contributed by atoms with E-state index >= 15 is 0 Å². The van der Waals surface area contributed by atoms with Crippen LogP contribution in [0.3, 0.4) is 0 Å². The number of carbonyl (C=O) groups is 1. The molecule has 1 atom stereocenters. The minimum atomic E-state index is -1.47. The second-order valence-corrected chi connectivity index (χ2v) is 6.35. The minimum Gasteiger partial charge on any atom is -0.326 e. The first-order chi connectivity index (χ1) is 11.1. The van der Waals surface area contributed by atoms with Crippen molar-refractivity contribution < 1.29 is 14.2 Å². The van der Waals surface area contributed by atoms with Crippen LogP contribution in [0.5, 0.6) is 0 Å². The van der Waals surface area contributed by atoms with Gasteiger partial charge in [0.05, 0.1) is 4.90 Å². The maximum absolute atomic E-state index is 11.1. The van der Waals surface area contributed by atoms with E-state index in [-0.39, 0.29) is 0 Å². The van der Waals surface area contributed by atoms with Gasteiger partial charge in [0.1, 0.15) is 11.0 Å². The third-order valence-electron chi connectivity index (χ3n) is 2.79. The fraction of sp³-hybridized carbons (Fsp3) is 0. The summed E-state index contributed by atoms with van der Waals surface area (Å²) in [6, 6.07) is 14.5. The fourth-order valence-corrected chi connectivity index (χ4v) is 2.68. The Bertz CT molecular complexity index is 716. The summed E-state index contributed by atoms with van der Waals surface area (Å²) in [6.07, 6.45) is 2.83. The molecule has 0 saturated carbocycles. The third kappa shape index (κ3) is 5.53. The molecular weight excluding hydrogens is 334 g/mol. The monoisotopic (exact) mass is 349 g/mol. The highest BCUT2D eigenvalue weighted by Gasteiger charge is 2.00. The highest BCUT2D eigenvalue weighted by Crippen LogP contribution is 2.22. The summed E-state index contributed by atoms with van der Waals surface area (Å²) in [7, 11) is -1.47. The molecule has 120 valence electrons. The first-order valence-corrected chi connectivity index (χ1v) is 8.53. The first kappa shape index (κ1) is 17.2. The van der Waals surface area contributed by atoms with Gasteiger partial charge in [-0.1, -0.05) is 12.1 Å². The molecule has 0 bridgehead atoms. The number of hydroxylamine groups is 1. The van der Waals surface area contributed by atoms with Gasteiger partial charge in [-0.25, -0.2) is 14.8 Å². The fourth-order valence-electron chi connectivity index (χ4n) is 1.63. The number of amides is 1. The number of nitrogens with two attached hydrogens (primary N) is 1. The number of benzene rings is 2. The van der Waals surface area contributed by atoms with Crippen LogP contribution in [0.25, 0.3) is 6.08 Å². The molecule has 0 aromatic heterocycles. The van der Waals surface area contributed by atoms with Gasteiger partial charge < -0.3 is 4.72 Å². The lowest BCUT2D eigenvalue weighted by molar-refractivity contribution is -0.124. The van der Waals surface area contributed by atoms with Gasteiger partial charge in [0, 0.05) is 16.7 Å². The summed E-state index contributed by atoms with van der Waals surface area (Å²) in [5.41, 5.74) is 3.25. The average molecular weight is 349 g/mol. The lowest BCUT2D eigenvalue weighted by Gasteiger charge is -2.06. The van der Waals surface area contributed by atoms with Crippen LogP contribution in [0, 0.1) is 0 Å². The molecule has 1 amide bonds. The lowest BCUT2D eigenvalue weighted by atomic mass is 10.2. The Kier molecular flexibility index (Phi) is 6.36. The quantitative estimate of drug-likeness (QED) is 0.277. The molecule has 1 unspecified atom stereocenters. The largest absolute Gasteiger partial charge is 0.326 e. The van der Waals surface area contributed by atoms with Gasteiger partial charge in [-0.05, 0) is 60.0 Å². The van der Waals surface area contributed by atoms with Crippen molar-refractivity contribution in [2.75, 3.05) is 4.72 Å². The third-order valence-corrected chi connectivity index (χ3v) is 4.37. The van der Waals surface area contributed by atoms with Crippen LogP contribution in [-0.2, 0) is 15.8 Å². The molecule has 0 saturated heterocycles. The molecule has 0 radical (unpaired) electrons. The second-order valence-electron chi connectivity index (χ2n) is 4.40. The smallest absolute Gasteiger partial charge is 0.267 e. The lowest BCUT2D eigenvalue weighted by Crippen LogP contribution is -2.14. The zero-order valence-corrected chi connectivity index (χ0v) is 13.6. The van der Waals surface area contributed by atoms with E-state index in [0.717, 1.165) is 16.1 Å². The van der Waals surface area contributed by atoms with E-state index in [2.05, 4.69) is 4.72 Å². The van der Waals surface area contributed by atoms with Crippen molar-refractivity contribution in [3.8, 4) is 0 Å². The summed E-state index contributed by atoms with van der Waals surface area (Å²) in [4.78, 5) is 12.4. The summed E-state index contributed by atoms with van der Waals surface area (Å²) in [5.74, 6) is -0.579. The van der Waals surface area contributed by atoms with E-state index in [1.165, 1.54) is 23.5 Å². The van der Waals surface area contributed by atoms with Crippen molar-refractivity contribution >= 4 is 40.6 Å². The van der Waals surface area contributed by atoms with Crippen LogP contribution >= 0.6 is 11.9 Å². The maximum Gasteiger partial charge on any atom is 0.267 e. The molecule has 0 spiro atoms. The van der Waals surface area contributed by atoms with E-state index in [4.69, 9.17) is 10.3 Å². The molecule has 8 heteroatoms. The van der Waals surface area contributed by atoms with Crippen molar-refractivity contribution in [3.05, 3.63) is 60.2 Å². The normalized spacial score (nSPS) is 12.1. The van der Waals surface area contributed by atoms with Gasteiger partial charge in [-0.3, -0.25) is 10.0 Å². The van der Waals surface area contributed by atoms with Gasteiger partial charge in [0.25, 0.3) is 5.91 Å². The Morgan fingerprint density at radius 3 is 2.35 bits per heavy atom. The molecule has 5 N–H and O–H groups in total. The Morgan fingerprint density at radius 2 is 1.78 bits per heavy atom. The molecule has 0 aliphatic carbocycles. The molecule has 2 aromatic carbocycles. The number of carbonyl (C=O) groups excluding carboxylic acids is 1. The topological polar surface area (TPSA) is 104 Å². The van der Waals surface area contributed by atoms with Gasteiger partial charge in [-0.15, -0.1) is 0 Å². The van der Waals surface area contributed by atoms with Crippen molar-refractivity contribution in [2.24, 2.45) is 5.14 Å². The Morgan fingerprint density at radius 1 is 1.13 bits per heavy atom. The maximum atomic E-state index is 11.1. The zero-order chi connectivity index (χ0) is 16.7. The molecule has 6 nitrogen and oxygen atoms in total. The van der Waals surface area contributed by atoms with Crippen LogP contribution in [0.4, 0.5) is 5.69 Å². The first-order valence-electron chi connectivity index (χ1n) is 6.50. The van der Waals surface area contributed by atoms with E-state index in [1.807, 2.05) is 36.4 Å². The number of rotatable bonds is 6. The molecule has 0 fully saturated rings. The predicted octanol–water partition coefficient (Wildman–Crippen LogP) is 2.31. The van der Waals surface area contributed by atoms with Gasteiger partial charge in [0.15, 0.2) is 0 Å². The average Bonchev–Trinajstić information content (AvgIpc) is 2.59. The molecule has 0 heterocycles. The Balaban J connectivity index is 1.92. The Hall–Kier alpha value is -2.13. The molecule has 23 heavy (non-hydrogen) atoms. The number of anilines is 1. The summed E-state index contributed by atoms with van der Waals surface area (Å²) in [6.45, 7) is 0. The zero-order valence-electron chi connectivity index (χ0n) is 11.9. The van der Waals surface area contributed by atoms with Gasteiger partial charge >= 0.3 is 0 Å². The number of hydrogen-bond acceptors (Lipinski definition) is 5. The highest BCUT2D eigenvalue weighted by atomic mass is 32.2. The molecule has 2 aromatic rings. The van der Waals surface area contributed by atoms with Crippen LogP contribution in [0.15, 0.2) is 64.4 Å². The predicted molar refractivity (Wildman–Crippen MR) is 91.9 cm³/mol.